The van der Waals surface area contributed by atoms with Crippen molar-refractivity contribution in [3.63, 3.8) is 0 Å². The first-order chi connectivity index (χ1) is 16.8. The summed E-state index contributed by atoms with van der Waals surface area (Å²) in [6.07, 6.45) is 1.52. The maximum Gasteiger partial charge on any atom is 0.573 e. The van der Waals surface area contributed by atoms with Crippen LogP contribution in [0.25, 0.3) is 0 Å². The SMILES string of the molecule is O=C1NCC2=C1[C@@H](c1ccccc1OC(F)(F)F)N(C(=O)CCc1ncco1)[C@@H]1CCCC[C@H]1N2. The number of nitrogens with one attached hydrogen (secondary N) is 2. The molecule has 1 aromatic carbocycles. The summed E-state index contributed by atoms with van der Waals surface area (Å²) in [5.74, 6) is -0.746. The average Bonchev–Trinajstić information content (AvgIpc) is 3.43. The number of rotatable bonds is 5. The van der Waals surface area contributed by atoms with Crippen molar-refractivity contribution in [1.29, 1.82) is 0 Å². The van der Waals surface area contributed by atoms with E-state index in [0.717, 1.165) is 19.3 Å². The second kappa shape index (κ2) is 9.27. The van der Waals surface area contributed by atoms with Crippen LogP contribution >= 0.6 is 0 Å². The first-order valence-corrected chi connectivity index (χ1v) is 11.6. The van der Waals surface area contributed by atoms with Gasteiger partial charge >= 0.3 is 6.36 Å². The molecule has 2 amide bonds. The molecule has 3 aliphatic rings. The Bertz CT molecular complexity index is 1130. The van der Waals surface area contributed by atoms with Crippen LogP contribution in [0.3, 0.4) is 0 Å². The molecule has 35 heavy (non-hydrogen) atoms. The van der Waals surface area contributed by atoms with Gasteiger partial charge in [0.05, 0.1) is 30.4 Å². The Morgan fingerprint density at radius 3 is 2.80 bits per heavy atom. The molecule has 0 bridgehead atoms. The Morgan fingerprint density at radius 2 is 2.03 bits per heavy atom. The molecular formula is C24H25F3N4O4. The summed E-state index contributed by atoms with van der Waals surface area (Å²) in [5, 5.41) is 6.21. The van der Waals surface area contributed by atoms with E-state index in [1.165, 1.54) is 30.7 Å². The topological polar surface area (TPSA) is 96.7 Å². The van der Waals surface area contributed by atoms with Crippen molar-refractivity contribution in [2.75, 3.05) is 6.54 Å². The fraction of sp³-hybridized carbons (Fsp3) is 0.458. The molecule has 1 aromatic heterocycles. The van der Waals surface area contributed by atoms with E-state index in [1.807, 2.05) is 0 Å². The quantitative estimate of drug-likeness (QED) is 0.667. The minimum atomic E-state index is -4.93. The monoisotopic (exact) mass is 490 g/mol. The van der Waals surface area contributed by atoms with E-state index in [-0.39, 0.29) is 48.5 Å². The Kier molecular flexibility index (Phi) is 6.16. The Hall–Kier alpha value is -3.50. The fourth-order valence-electron chi connectivity index (χ4n) is 5.36. The van der Waals surface area contributed by atoms with E-state index >= 15 is 0 Å². The number of benzene rings is 1. The summed E-state index contributed by atoms with van der Waals surface area (Å²) in [7, 11) is 0. The second-order valence-electron chi connectivity index (χ2n) is 8.89. The molecule has 186 valence electrons. The standard InChI is InChI=1S/C24H25F3N4O4/c25-24(26,27)35-18-8-4-1-5-14(18)22-21-16(13-29-23(21)33)30-15-6-2-3-7-17(15)31(22)20(32)10-9-19-28-11-12-34-19/h1,4-5,8,11-12,15,17,22,30H,2-3,6-7,9-10,13H2,(H,29,33)/t15-,17-,22-/m1/s1. The van der Waals surface area contributed by atoms with Gasteiger partial charge in [-0.3, -0.25) is 9.59 Å². The predicted octanol–water partition coefficient (Wildman–Crippen LogP) is 3.37. The average molecular weight is 490 g/mol. The van der Waals surface area contributed by atoms with E-state index in [9.17, 15) is 22.8 Å². The zero-order valence-electron chi connectivity index (χ0n) is 18.8. The lowest BCUT2D eigenvalue weighted by atomic mass is 9.87. The molecule has 1 fully saturated rings. The number of alkyl halides is 3. The number of hydrogen-bond acceptors (Lipinski definition) is 6. The van der Waals surface area contributed by atoms with Crippen LogP contribution in [0.2, 0.25) is 0 Å². The molecule has 0 unspecified atom stereocenters. The molecule has 1 aliphatic carbocycles. The van der Waals surface area contributed by atoms with Crippen molar-refractivity contribution < 1.29 is 31.9 Å². The van der Waals surface area contributed by atoms with Gasteiger partial charge in [0.25, 0.3) is 5.91 Å². The number of carbonyl (C=O) groups excluding carboxylic acids is 2. The predicted molar refractivity (Wildman–Crippen MR) is 117 cm³/mol. The highest BCUT2D eigenvalue weighted by Gasteiger charge is 2.47. The molecule has 11 heteroatoms. The minimum absolute atomic E-state index is 0.0345. The van der Waals surface area contributed by atoms with Crippen molar-refractivity contribution in [3.8, 4) is 5.75 Å². The van der Waals surface area contributed by atoms with Gasteiger partial charge in [-0.25, -0.2) is 4.98 Å². The lowest BCUT2D eigenvalue weighted by Gasteiger charge is -2.43. The van der Waals surface area contributed by atoms with Crippen molar-refractivity contribution in [3.05, 3.63) is 59.4 Å². The third kappa shape index (κ3) is 4.71. The lowest BCUT2D eigenvalue weighted by Crippen LogP contribution is -2.53. The summed E-state index contributed by atoms with van der Waals surface area (Å²) in [4.78, 5) is 32.5. The molecule has 0 saturated heterocycles. The molecule has 2 aromatic rings. The maximum absolute atomic E-state index is 13.8. The van der Waals surface area contributed by atoms with Crippen molar-refractivity contribution >= 4 is 11.8 Å². The number of hydrogen-bond donors (Lipinski definition) is 2. The second-order valence-corrected chi connectivity index (χ2v) is 8.89. The number of oxazole rings is 1. The van der Waals surface area contributed by atoms with Gasteiger partial charge in [-0.05, 0) is 18.9 Å². The highest BCUT2D eigenvalue weighted by Crippen LogP contribution is 2.44. The van der Waals surface area contributed by atoms with E-state index < -0.39 is 24.1 Å². The van der Waals surface area contributed by atoms with Gasteiger partial charge in [-0.1, -0.05) is 31.0 Å². The van der Waals surface area contributed by atoms with E-state index in [1.54, 1.807) is 11.0 Å². The molecule has 1 saturated carbocycles. The van der Waals surface area contributed by atoms with Gasteiger partial charge in [-0.2, -0.15) is 0 Å². The van der Waals surface area contributed by atoms with Crippen LogP contribution in [-0.4, -0.2) is 46.7 Å². The van der Waals surface area contributed by atoms with Gasteiger partial charge < -0.3 is 24.7 Å². The van der Waals surface area contributed by atoms with Crippen LogP contribution in [0.15, 0.2) is 52.4 Å². The highest BCUT2D eigenvalue weighted by atomic mass is 19.4. The number of para-hydroxylation sites is 1. The van der Waals surface area contributed by atoms with Gasteiger partial charge in [-0.15, -0.1) is 13.2 Å². The molecule has 0 radical (unpaired) electrons. The van der Waals surface area contributed by atoms with Crippen LogP contribution in [0.5, 0.6) is 5.75 Å². The number of nitrogens with zero attached hydrogens (tertiary/aromatic N) is 2. The van der Waals surface area contributed by atoms with Crippen molar-refractivity contribution in [1.82, 2.24) is 20.5 Å². The minimum Gasteiger partial charge on any atom is -0.449 e. The summed E-state index contributed by atoms with van der Waals surface area (Å²) < 4.78 is 49.5. The summed E-state index contributed by atoms with van der Waals surface area (Å²) >= 11 is 0. The molecule has 3 heterocycles. The van der Waals surface area contributed by atoms with Crippen LogP contribution in [-0.2, 0) is 16.0 Å². The van der Waals surface area contributed by atoms with Crippen molar-refractivity contribution in [2.24, 2.45) is 0 Å². The third-order valence-electron chi connectivity index (χ3n) is 6.76. The van der Waals surface area contributed by atoms with Crippen LogP contribution < -0.4 is 15.4 Å². The normalized spacial score (nSPS) is 24.3. The number of aryl methyl sites for hydroxylation is 1. The first kappa shape index (κ1) is 23.3. The van der Waals surface area contributed by atoms with Gasteiger partial charge in [0.15, 0.2) is 5.89 Å². The molecular weight excluding hydrogens is 465 g/mol. The number of aromatic nitrogens is 1. The smallest absolute Gasteiger partial charge is 0.449 e. The van der Waals surface area contributed by atoms with Crippen LogP contribution in [0.1, 0.15) is 49.6 Å². The number of amides is 2. The van der Waals surface area contributed by atoms with Crippen LogP contribution in [0.4, 0.5) is 13.2 Å². The lowest BCUT2D eigenvalue weighted by molar-refractivity contribution is -0.275. The Labute approximate surface area is 199 Å². The first-order valence-electron chi connectivity index (χ1n) is 11.6. The Balaban J connectivity index is 1.61. The Morgan fingerprint density at radius 1 is 1.23 bits per heavy atom. The largest absolute Gasteiger partial charge is 0.573 e. The molecule has 0 spiro atoms. The van der Waals surface area contributed by atoms with Gasteiger partial charge in [0.1, 0.15) is 12.0 Å². The molecule has 2 N–H and O–H groups in total. The summed E-state index contributed by atoms with van der Waals surface area (Å²) in [6, 6.07) is 4.25. The molecule has 8 nitrogen and oxygen atoms in total. The molecule has 5 rings (SSSR count). The number of ether oxygens (including phenoxy) is 1. The van der Waals surface area contributed by atoms with Gasteiger partial charge in [0, 0.05) is 30.1 Å². The number of fused-ring (bicyclic) bond motifs is 1. The van der Waals surface area contributed by atoms with Gasteiger partial charge in [0.2, 0.25) is 5.91 Å². The van der Waals surface area contributed by atoms with E-state index in [4.69, 9.17) is 4.42 Å². The maximum atomic E-state index is 13.8. The van der Waals surface area contributed by atoms with Crippen LogP contribution in [0, 0.1) is 0 Å². The van der Waals surface area contributed by atoms with Crippen molar-refractivity contribution in [2.45, 2.75) is 63.0 Å². The highest BCUT2D eigenvalue weighted by molar-refractivity contribution is 5.99. The molecule has 3 atom stereocenters. The van der Waals surface area contributed by atoms with E-state index in [0.29, 0.717) is 18.0 Å². The molecule has 2 aliphatic heterocycles. The zero-order chi connectivity index (χ0) is 24.6. The fourth-order valence-corrected chi connectivity index (χ4v) is 5.36. The third-order valence-corrected chi connectivity index (χ3v) is 6.76. The summed E-state index contributed by atoms with van der Waals surface area (Å²) in [6.45, 7) is 0.231. The summed E-state index contributed by atoms with van der Waals surface area (Å²) in [5.41, 5.74) is 0.982. The number of carbonyl (C=O) groups is 2. The van der Waals surface area contributed by atoms with E-state index in [2.05, 4.69) is 20.4 Å². The zero-order valence-corrected chi connectivity index (χ0v) is 18.8. The number of halogens is 3.